The molecule has 0 nitrogen and oxygen atoms in total. The molecular formula is C20H26S4. The Morgan fingerprint density at radius 2 is 1.04 bits per heavy atom. The lowest BCUT2D eigenvalue weighted by atomic mass is 10.2. The molecule has 0 saturated carbocycles. The number of rotatable bonds is 9. The van der Waals surface area contributed by atoms with Crippen LogP contribution in [0.3, 0.4) is 0 Å². The SMILES string of the molecule is CCC(C)(SCc1ccc(CS)cc1)SCc1ccc(CS)cc1. The lowest BCUT2D eigenvalue weighted by molar-refractivity contribution is 0.844. The molecule has 0 aliphatic rings. The summed E-state index contributed by atoms with van der Waals surface area (Å²) >= 11 is 12.7. The van der Waals surface area contributed by atoms with Crippen molar-refractivity contribution in [3.05, 3.63) is 70.8 Å². The second-order valence-corrected chi connectivity index (χ2v) is 9.86. The lowest BCUT2D eigenvalue weighted by Gasteiger charge is -2.27. The summed E-state index contributed by atoms with van der Waals surface area (Å²) in [5, 5.41) is 0. The van der Waals surface area contributed by atoms with Gasteiger partial charge in [0.2, 0.25) is 0 Å². The van der Waals surface area contributed by atoms with Crippen molar-refractivity contribution < 1.29 is 0 Å². The van der Waals surface area contributed by atoms with E-state index in [2.05, 4.69) is 87.6 Å². The standard InChI is InChI=1S/C20H26S4/c1-3-20(2,23-14-18-8-4-16(12-21)5-9-18)24-15-19-10-6-17(13-22)7-11-19/h4-11,21-22H,3,12-15H2,1-2H3. The van der Waals surface area contributed by atoms with Crippen molar-refractivity contribution in [2.45, 2.75) is 47.4 Å². The van der Waals surface area contributed by atoms with Gasteiger partial charge in [-0.25, -0.2) is 0 Å². The molecule has 0 bridgehead atoms. The highest BCUT2D eigenvalue weighted by Gasteiger charge is 2.23. The molecule has 4 heteroatoms. The van der Waals surface area contributed by atoms with Crippen LogP contribution >= 0.6 is 48.8 Å². The lowest BCUT2D eigenvalue weighted by Crippen LogP contribution is -2.14. The van der Waals surface area contributed by atoms with E-state index in [1.54, 1.807) is 0 Å². The topological polar surface area (TPSA) is 0 Å². The Morgan fingerprint density at radius 3 is 1.33 bits per heavy atom. The smallest absolute Gasteiger partial charge is 0.0587 e. The van der Waals surface area contributed by atoms with Crippen molar-refractivity contribution in [3.63, 3.8) is 0 Å². The molecule has 2 aromatic rings. The van der Waals surface area contributed by atoms with Gasteiger partial charge in [0.25, 0.3) is 0 Å². The van der Waals surface area contributed by atoms with Crippen LogP contribution in [0.5, 0.6) is 0 Å². The summed E-state index contributed by atoms with van der Waals surface area (Å²) in [7, 11) is 0. The van der Waals surface area contributed by atoms with Crippen LogP contribution in [0.1, 0.15) is 42.5 Å². The average Bonchev–Trinajstić information content (AvgIpc) is 2.65. The van der Waals surface area contributed by atoms with E-state index in [1.165, 1.54) is 22.3 Å². The summed E-state index contributed by atoms with van der Waals surface area (Å²) in [6.45, 7) is 4.65. The molecule has 0 N–H and O–H groups in total. The zero-order chi connectivity index (χ0) is 17.4. The van der Waals surface area contributed by atoms with Crippen molar-refractivity contribution in [2.24, 2.45) is 0 Å². The maximum Gasteiger partial charge on any atom is 0.0587 e. The molecule has 0 heterocycles. The molecule has 0 atom stereocenters. The quantitative estimate of drug-likeness (QED) is 0.353. The van der Waals surface area contributed by atoms with Gasteiger partial charge in [0.15, 0.2) is 0 Å². The molecule has 0 aliphatic heterocycles. The zero-order valence-electron chi connectivity index (χ0n) is 14.4. The molecule has 0 spiro atoms. The molecule has 0 radical (unpaired) electrons. The van der Waals surface area contributed by atoms with Crippen LogP contribution in [-0.2, 0) is 23.0 Å². The maximum atomic E-state index is 4.32. The largest absolute Gasteiger partial charge is 0.175 e. The molecule has 2 aromatic carbocycles. The van der Waals surface area contributed by atoms with Crippen molar-refractivity contribution in [1.29, 1.82) is 0 Å². The first-order valence-electron chi connectivity index (χ1n) is 8.24. The van der Waals surface area contributed by atoms with E-state index < -0.39 is 0 Å². The summed E-state index contributed by atoms with van der Waals surface area (Å²) in [5.74, 6) is 3.73. The Morgan fingerprint density at radius 1 is 0.708 bits per heavy atom. The zero-order valence-corrected chi connectivity index (χ0v) is 17.8. The van der Waals surface area contributed by atoms with Gasteiger partial charge < -0.3 is 0 Å². The molecule has 0 saturated heterocycles. The van der Waals surface area contributed by atoms with Crippen molar-refractivity contribution in [1.82, 2.24) is 0 Å². The number of hydrogen-bond donors (Lipinski definition) is 2. The fraction of sp³-hybridized carbons (Fsp3) is 0.400. The van der Waals surface area contributed by atoms with E-state index in [4.69, 9.17) is 0 Å². The Labute approximate surface area is 166 Å². The van der Waals surface area contributed by atoms with E-state index in [9.17, 15) is 0 Å². The molecule has 0 fully saturated rings. The van der Waals surface area contributed by atoms with Crippen LogP contribution in [0, 0.1) is 0 Å². The Balaban J connectivity index is 1.89. The van der Waals surface area contributed by atoms with Gasteiger partial charge in [0.05, 0.1) is 4.08 Å². The van der Waals surface area contributed by atoms with E-state index in [0.717, 1.165) is 29.4 Å². The summed E-state index contributed by atoms with van der Waals surface area (Å²) in [6.07, 6.45) is 1.16. The predicted octanol–water partition coefficient (Wildman–Crippen LogP) is 6.84. The van der Waals surface area contributed by atoms with Crippen molar-refractivity contribution >= 4 is 48.8 Å². The van der Waals surface area contributed by atoms with Gasteiger partial charge in [-0.2, -0.15) is 25.3 Å². The summed E-state index contributed by atoms with van der Waals surface area (Å²) in [4.78, 5) is 0. The maximum absolute atomic E-state index is 4.32. The van der Waals surface area contributed by atoms with Gasteiger partial charge in [0, 0.05) is 23.0 Å². The molecular weight excluding hydrogens is 368 g/mol. The number of hydrogen-bond acceptors (Lipinski definition) is 4. The van der Waals surface area contributed by atoms with Crippen LogP contribution in [0.25, 0.3) is 0 Å². The van der Waals surface area contributed by atoms with Crippen LogP contribution in [0.4, 0.5) is 0 Å². The van der Waals surface area contributed by atoms with Gasteiger partial charge in [-0.3, -0.25) is 0 Å². The third-order valence-corrected chi connectivity index (χ3v) is 8.33. The third kappa shape index (κ3) is 6.29. The fourth-order valence-corrected chi connectivity index (χ4v) is 5.05. The molecule has 0 aliphatic carbocycles. The van der Waals surface area contributed by atoms with E-state index in [1.807, 2.05) is 23.5 Å². The van der Waals surface area contributed by atoms with Gasteiger partial charge in [0.1, 0.15) is 0 Å². The van der Waals surface area contributed by atoms with Crippen LogP contribution in [0.15, 0.2) is 48.5 Å². The highest BCUT2D eigenvalue weighted by atomic mass is 32.2. The summed E-state index contributed by atoms with van der Waals surface area (Å²) in [6, 6.07) is 17.7. The molecule has 24 heavy (non-hydrogen) atoms. The number of benzene rings is 2. The van der Waals surface area contributed by atoms with E-state index >= 15 is 0 Å². The first kappa shape index (κ1) is 20.2. The van der Waals surface area contributed by atoms with Gasteiger partial charge in [-0.05, 0) is 35.6 Å². The highest BCUT2D eigenvalue weighted by Crippen LogP contribution is 2.43. The monoisotopic (exact) mass is 394 g/mol. The second-order valence-electron chi connectivity index (χ2n) is 6.01. The van der Waals surface area contributed by atoms with Gasteiger partial charge in [-0.15, -0.1) is 23.5 Å². The van der Waals surface area contributed by atoms with E-state index in [-0.39, 0.29) is 4.08 Å². The first-order chi connectivity index (χ1) is 11.6. The van der Waals surface area contributed by atoms with Crippen LogP contribution < -0.4 is 0 Å². The summed E-state index contributed by atoms with van der Waals surface area (Å²) < 4.78 is 0.241. The Bertz CT molecular complexity index is 553. The Hall–Kier alpha value is -0.160. The highest BCUT2D eigenvalue weighted by molar-refractivity contribution is 8.17. The average molecular weight is 395 g/mol. The van der Waals surface area contributed by atoms with Crippen LogP contribution in [-0.4, -0.2) is 4.08 Å². The minimum atomic E-state index is 0.241. The van der Waals surface area contributed by atoms with Crippen molar-refractivity contribution in [2.75, 3.05) is 0 Å². The van der Waals surface area contributed by atoms with Crippen LogP contribution in [0.2, 0.25) is 0 Å². The second kappa shape index (κ2) is 10.1. The molecule has 0 aromatic heterocycles. The van der Waals surface area contributed by atoms with Gasteiger partial charge in [-0.1, -0.05) is 55.5 Å². The third-order valence-electron chi connectivity index (χ3n) is 4.14. The van der Waals surface area contributed by atoms with Gasteiger partial charge >= 0.3 is 0 Å². The molecule has 0 amide bonds. The fourth-order valence-electron chi connectivity index (χ4n) is 2.20. The normalized spacial score (nSPS) is 11.7. The number of thiol groups is 2. The molecule has 130 valence electrons. The summed E-state index contributed by atoms with van der Waals surface area (Å²) in [5.41, 5.74) is 5.35. The molecule has 2 rings (SSSR count). The number of thioether (sulfide) groups is 2. The first-order valence-corrected chi connectivity index (χ1v) is 11.5. The predicted molar refractivity (Wildman–Crippen MR) is 120 cm³/mol. The molecule has 0 unspecified atom stereocenters. The van der Waals surface area contributed by atoms with Crippen molar-refractivity contribution in [3.8, 4) is 0 Å². The Kier molecular flexibility index (Phi) is 8.48. The minimum Gasteiger partial charge on any atom is -0.175 e. The minimum absolute atomic E-state index is 0.241. The van der Waals surface area contributed by atoms with E-state index in [0.29, 0.717) is 0 Å².